The average molecular weight is 265 g/mol. The van der Waals surface area contributed by atoms with E-state index in [1.54, 1.807) is 0 Å². The fourth-order valence-electron chi connectivity index (χ4n) is 2.31. The Bertz CT molecular complexity index is 366. The molecule has 0 spiro atoms. The molecule has 0 radical (unpaired) electrons. The van der Waals surface area contributed by atoms with Crippen LogP contribution >= 0.6 is 11.3 Å². The predicted molar refractivity (Wildman–Crippen MR) is 79.1 cm³/mol. The monoisotopic (exact) mass is 265 g/mol. The number of rotatable bonds is 4. The highest BCUT2D eigenvalue weighted by molar-refractivity contribution is 7.09. The summed E-state index contributed by atoms with van der Waals surface area (Å²) in [4.78, 5) is 8.22. The van der Waals surface area contributed by atoms with Crippen LogP contribution in [0.15, 0.2) is 22.5 Å². The van der Waals surface area contributed by atoms with Crippen molar-refractivity contribution in [2.45, 2.75) is 32.6 Å². The summed E-state index contributed by atoms with van der Waals surface area (Å²) in [5.74, 6) is 1.31. The molecule has 3 nitrogen and oxygen atoms in total. The predicted octanol–water partition coefficient (Wildman–Crippen LogP) is 2.73. The van der Waals surface area contributed by atoms with E-state index in [0.717, 1.165) is 32.0 Å². The van der Waals surface area contributed by atoms with Crippen LogP contribution in [0.25, 0.3) is 0 Å². The highest BCUT2D eigenvalue weighted by atomic mass is 32.1. The van der Waals surface area contributed by atoms with Gasteiger partial charge in [0.2, 0.25) is 0 Å². The van der Waals surface area contributed by atoms with E-state index in [-0.39, 0.29) is 0 Å². The van der Waals surface area contributed by atoms with Gasteiger partial charge in [-0.3, -0.25) is 4.99 Å². The molecule has 1 fully saturated rings. The molecule has 100 valence electrons. The summed E-state index contributed by atoms with van der Waals surface area (Å²) >= 11 is 1.82. The van der Waals surface area contributed by atoms with Gasteiger partial charge in [-0.1, -0.05) is 13.0 Å². The zero-order chi connectivity index (χ0) is 12.8. The Morgan fingerprint density at radius 1 is 1.44 bits per heavy atom. The summed E-state index contributed by atoms with van der Waals surface area (Å²) in [6.07, 6.45) is 4.94. The maximum atomic E-state index is 6.05. The van der Waals surface area contributed by atoms with Crippen LogP contribution in [-0.4, -0.2) is 30.5 Å². The Morgan fingerprint density at radius 3 is 2.89 bits per heavy atom. The first kappa shape index (κ1) is 13.4. The Labute approximate surface area is 114 Å². The molecule has 2 rings (SSSR count). The van der Waals surface area contributed by atoms with E-state index in [1.165, 1.54) is 24.1 Å². The van der Waals surface area contributed by atoms with Gasteiger partial charge in [0.15, 0.2) is 5.96 Å². The van der Waals surface area contributed by atoms with Gasteiger partial charge in [0.1, 0.15) is 0 Å². The second kappa shape index (κ2) is 6.78. The summed E-state index contributed by atoms with van der Waals surface area (Å²) in [6, 6.07) is 4.30. The quantitative estimate of drug-likeness (QED) is 0.672. The third-order valence-corrected chi connectivity index (χ3v) is 4.27. The van der Waals surface area contributed by atoms with Crippen LogP contribution in [0, 0.1) is 5.92 Å². The summed E-state index contributed by atoms with van der Waals surface area (Å²) in [5, 5.41) is 2.13. The first-order chi connectivity index (χ1) is 8.75. The van der Waals surface area contributed by atoms with Crippen LogP contribution < -0.4 is 5.73 Å². The van der Waals surface area contributed by atoms with Crippen molar-refractivity contribution in [2.75, 3.05) is 19.6 Å². The minimum atomic E-state index is 0.562. The van der Waals surface area contributed by atoms with Crippen LogP contribution in [-0.2, 0) is 6.42 Å². The molecule has 18 heavy (non-hydrogen) atoms. The SMILES string of the molecule is CC(CN=C(N)N1CCCCC1)Cc1cccs1. The van der Waals surface area contributed by atoms with E-state index in [9.17, 15) is 0 Å². The molecule has 4 heteroatoms. The second-order valence-electron chi connectivity index (χ2n) is 5.14. The van der Waals surface area contributed by atoms with E-state index in [1.807, 2.05) is 11.3 Å². The number of nitrogens with zero attached hydrogens (tertiary/aromatic N) is 2. The van der Waals surface area contributed by atoms with Crippen LogP contribution in [0.3, 0.4) is 0 Å². The van der Waals surface area contributed by atoms with Gasteiger partial charge in [-0.05, 0) is 43.0 Å². The molecular weight excluding hydrogens is 242 g/mol. The van der Waals surface area contributed by atoms with Gasteiger partial charge >= 0.3 is 0 Å². The molecule has 0 aromatic carbocycles. The zero-order valence-corrected chi connectivity index (χ0v) is 12.0. The van der Waals surface area contributed by atoms with Crippen molar-refractivity contribution in [3.05, 3.63) is 22.4 Å². The van der Waals surface area contributed by atoms with E-state index in [0.29, 0.717) is 5.92 Å². The standard InChI is InChI=1S/C14H23N3S/c1-12(10-13-6-5-9-18-13)11-16-14(15)17-7-3-2-4-8-17/h5-6,9,12H,2-4,7-8,10-11H2,1H3,(H2,15,16). The van der Waals surface area contributed by atoms with E-state index >= 15 is 0 Å². The Balaban J connectivity index is 1.78. The molecule has 1 aromatic heterocycles. The van der Waals surface area contributed by atoms with E-state index in [4.69, 9.17) is 5.73 Å². The third kappa shape index (κ3) is 4.02. The van der Waals surface area contributed by atoms with Crippen molar-refractivity contribution in [3.63, 3.8) is 0 Å². The van der Waals surface area contributed by atoms with Crippen molar-refractivity contribution in [1.29, 1.82) is 0 Å². The molecule has 1 atom stereocenters. The lowest BCUT2D eigenvalue weighted by molar-refractivity contribution is 0.337. The van der Waals surface area contributed by atoms with Gasteiger partial charge in [-0.2, -0.15) is 0 Å². The Morgan fingerprint density at radius 2 is 2.22 bits per heavy atom. The average Bonchev–Trinajstić information content (AvgIpc) is 2.90. The maximum absolute atomic E-state index is 6.05. The smallest absolute Gasteiger partial charge is 0.191 e. The number of piperidine rings is 1. The number of hydrogen-bond donors (Lipinski definition) is 1. The number of nitrogens with two attached hydrogens (primary N) is 1. The lowest BCUT2D eigenvalue weighted by Crippen LogP contribution is -2.41. The summed E-state index contributed by atoms with van der Waals surface area (Å²) in [6.45, 7) is 5.23. The highest BCUT2D eigenvalue weighted by Gasteiger charge is 2.12. The van der Waals surface area contributed by atoms with Crippen LogP contribution in [0.5, 0.6) is 0 Å². The van der Waals surface area contributed by atoms with Gasteiger partial charge in [-0.15, -0.1) is 11.3 Å². The molecule has 2 N–H and O–H groups in total. The minimum absolute atomic E-state index is 0.562. The van der Waals surface area contributed by atoms with Gasteiger partial charge in [0.25, 0.3) is 0 Å². The largest absolute Gasteiger partial charge is 0.370 e. The van der Waals surface area contributed by atoms with Crippen molar-refractivity contribution in [1.82, 2.24) is 4.90 Å². The van der Waals surface area contributed by atoms with Gasteiger partial charge in [0.05, 0.1) is 0 Å². The molecule has 0 bridgehead atoms. The normalized spacial score (nSPS) is 18.9. The third-order valence-electron chi connectivity index (χ3n) is 3.37. The molecule has 2 heterocycles. The molecule has 1 unspecified atom stereocenters. The van der Waals surface area contributed by atoms with E-state index < -0.39 is 0 Å². The highest BCUT2D eigenvalue weighted by Crippen LogP contribution is 2.15. The van der Waals surface area contributed by atoms with Crippen LogP contribution in [0.2, 0.25) is 0 Å². The molecular formula is C14H23N3S. The Hall–Kier alpha value is -1.03. The topological polar surface area (TPSA) is 41.6 Å². The van der Waals surface area contributed by atoms with Crippen molar-refractivity contribution in [2.24, 2.45) is 16.6 Å². The summed E-state index contributed by atoms with van der Waals surface area (Å²) in [7, 11) is 0. The first-order valence-electron chi connectivity index (χ1n) is 6.83. The molecule has 1 saturated heterocycles. The maximum Gasteiger partial charge on any atom is 0.191 e. The second-order valence-corrected chi connectivity index (χ2v) is 6.17. The van der Waals surface area contributed by atoms with Crippen LogP contribution in [0.1, 0.15) is 31.1 Å². The number of hydrogen-bond acceptors (Lipinski definition) is 2. The summed E-state index contributed by atoms with van der Waals surface area (Å²) < 4.78 is 0. The molecule has 1 aliphatic heterocycles. The molecule has 1 aliphatic rings. The minimum Gasteiger partial charge on any atom is -0.370 e. The Kier molecular flexibility index (Phi) is 5.05. The first-order valence-corrected chi connectivity index (χ1v) is 7.71. The zero-order valence-electron chi connectivity index (χ0n) is 11.1. The van der Waals surface area contributed by atoms with Crippen LogP contribution in [0.4, 0.5) is 0 Å². The van der Waals surface area contributed by atoms with Crippen molar-refractivity contribution < 1.29 is 0 Å². The molecule has 1 aromatic rings. The number of guanidine groups is 1. The fraction of sp³-hybridized carbons (Fsp3) is 0.643. The van der Waals surface area contributed by atoms with Gasteiger partial charge < -0.3 is 10.6 Å². The molecule has 0 saturated carbocycles. The van der Waals surface area contributed by atoms with Crippen molar-refractivity contribution in [3.8, 4) is 0 Å². The van der Waals surface area contributed by atoms with Crippen molar-refractivity contribution >= 4 is 17.3 Å². The lowest BCUT2D eigenvalue weighted by atomic mass is 10.1. The molecule has 0 aliphatic carbocycles. The van der Waals surface area contributed by atoms with Gasteiger partial charge in [-0.25, -0.2) is 0 Å². The number of thiophene rings is 1. The van der Waals surface area contributed by atoms with Gasteiger partial charge in [0, 0.05) is 24.5 Å². The fourth-order valence-corrected chi connectivity index (χ4v) is 3.18. The van der Waals surface area contributed by atoms with E-state index in [2.05, 4.69) is 34.3 Å². The lowest BCUT2D eigenvalue weighted by Gasteiger charge is -2.27. The number of aliphatic imine (C=N–C) groups is 1. The number of likely N-dealkylation sites (tertiary alicyclic amines) is 1. The molecule has 0 amide bonds. The summed E-state index contributed by atoms with van der Waals surface area (Å²) in [5.41, 5.74) is 6.05.